The summed E-state index contributed by atoms with van der Waals surface area (Å²) >= 11 is 1.52. The van der Waals surface area contributed by atoms with Crippen molar-refractivity contribution in [2.24, 2.45) is 0 Å². The number of carboxylic acids is 1. The number of rotatable bonds is 2. The van der Waals surface area contributed by atoms with Crippen molar-refractivity contribution in [3.8, 4) is 0 Å². The smallest absolute Gasteiger partial charge is 0.355 e. The average Bonchev–Trinajstić information content (AvgIpc) is 2.63. The fourth-order valence-electron chi connectivity index (χ4n) is 1.25. The summed E-state index contributed by atoms with van der Waals surface area (Å²) in [5.41, 5.74) is 0.413. The van der Waals surface area contributed by atoms with Crippen LogP contribution < -0.4 is 0 Å². The molecule has 0 amide bonds. The summed E-state index contributed by atoms with van der Waals surface area (Å²) in [5, 5.41) is 9.80. The highest BCUT2D eigenvalue weighted by molar-refractivity contribution is 7.12. The van der Waals surface area contributed by atoms with Crippen LogP contribution in [-0.4, -0.2) is 16.1 Å². The van der Waals surface area contributed by atoms with Crippen LogP contribution in [0.2, 0.25) is 0 Å². The highest BCUT2D eigenvalue weighted by atomic mass is 32.1. The second kappa shape index (κ2) is 2.54. The van der Waals surface area contributed by atoms with Gasteiger partial charge in [0.15, 0.2) is 5.69 Å². The second-order valence-corrected chi connectivity index (χ2v) is 4.99. The largest absolute Gasteiger partial charge is 0.476 e. The lowest BCUT2D eigenvalue weighted by molar-refractivity contribution is 0.0690. The number of aromatic nitrogens is 1. The van der Waals surface area contributed by atoms with Gasteiger partial charge in [0.2, 0.25) is 0 Å². The van der Waals surface area contributed by atoms with E-state index < -0.39 is 5.97 Å². The summed E-state index contributed by atoms with van der Waals surface area (Å²) in [5.74, 6) is -0.913. The Kier molecular flexibility index (Phi) is 1.70. The Morgan fingerprint density at radius 2 is 2.23 bits per heavy atom. The average molecular weight is 197 g/mol. The molecule has 4 heteroatoms. The van der Waals surface area contributed by atoms with E-state index in [9.17, 15) is 4.79 Å². The molecule has 0 spiro atoms. The molecule has 13 heavy (non-hydrogen) atoms. The number of carboxylic acid groups (broad SMARTS) is 1. The topological polar surface area (TPSA) is 50.2 Å². The molecule has 0 aromatic carbocycles. The van der Waals surface area contributed by atoms with Crippen molar-refractivity contribution in [1.29, 1.82) is 0 Å². The zero-order valence-corrected chi connectivity index (χ0v) is 8.44. The molecule has 0 aliphatic heterocycles. The van der Waals surface area contributed by atoms with E-state index in [0.29, 0.717) is 0 Å². The molecule has 70 valence electrons. The minimum absolute atomic E-state index is 0.184. The summed E-state index contributed by atoms with van der Waals surface area (Å²) in [6.07, 6.45) is 2.28. The van der Waals surface area contributed by atoms with Gasteiger partial charge in [0.1, 0.15) is 0 Å². The van der Waals surface area contributed by atoms with E-state index in [0.717, 1.165) is 22.7 Å². The number of hydrogen-bond donors (Lipinski definition) is 1. The van der Waals surface area contributed by atoms with Gasteiger partial charge in [0, 0.05) is 10.3 Å². The van der Waals surface area contributed by atoms with Gasteiger partial charge in [-0.2, -0.15) is 0 Å². The Balaban J connectivity index is 2.41. The molecule has 1 aromatic rings. The maximum absolute atomic E-state index is 10.7. The first-order valence-corrected chi connectivity index (χ1v) is 5.06. The van der Waals surface area contributed by atoms with Crippen molar-refractivity contribution in [3.63, 3.8) is 0 Å². The van der Waals surface area contributed by atoms with Crippen molar-refractivity contribution < 1.29 is 9.90 Å². The van der Waals surface area contributed by atoms with E-state index >= 15 is 0 Å². The SMILES string of the molecule is Cc1sc(C2(C)CC2)nc1C(=O)O. The Hall–Kier alpha value is -0.900. The number of thiazole rings is 1. The fourth-order valence-corrected chi connectivity index (χ4v) is 2.36. The number of aryl methyl sites for hydroxylation is 1. The number of aromatic carboxylic acids is 1. The van der Waals surface area contributed by atoms with Gasteiger partial charge < -0.3 is 5.11 Å². The Morgan fingerprint density at radius 1 is 1.62 bits per heavy atom. The molecule has 0 saturated heterocycles. The van der Waals surface area contributed by atoms with E-state index in [1.165, 1.54) is 11.3 Å². The highest BCUT2D eigenvalue weighted by Crippen LogP contribution is 2.49. The first-order valence-electron chi connectivity index (χ1n) is 4.24. The van der Waals surface area contributed by atoms with E-state index in [1.54, 1.807) is 0 Å². The first kappa shape index (κ1) is 8.69. The molecule has 1 aliphatic rings. The number of hydrogen-bond acceptors (Lipinski definition) is 3. The van der Waals surface area contributed by atoms with Gasteiger partial charge in [0.05, 0.1) is 5.01 Å². The lowest BCUT2D eigenvalue weighted by atomic mass is 10.2. The Morgan fingerprint density at radius 3 is 2.62 bits per heavy atom. The van der Waals surface area contributed by atoms with E-state index in [1.807, 2.05) is 6.92 Å². The van der Waals surface area contributed by atoms with Gasteiger partial charge in [-0.15, -0.1) is 11.3 Å². The van der Waals surface area contributed by atoms with Crippen molar-refractivity contribution in [2.75, 3.05) is 0 Å². The van der Waals surface area contributed by atoms with Crippen LogP contribution >= 0.6 is 11.3 Å². The first-order chi connectivity index (χ1) is 6.03. The quantitative estimate of drug-likeness (QED) is 0.790. The van der Waals surface area contributed by atoms with Crippen LogP contribution in [0.1, 0.15) is 40.1 Å². The molecule has 0 unspecified atom stereocenters. The van der Waals surface area contributed by atoms with Crippen LogP contribution in [0.5, 0.6) is 0 Å². The molecular weight excluding hydrogens is 186 g/mol. The molecule has 0 bridgehead atoms. The van der Waals surface area contributed by atoms with Gasteiger partial charge in [-0.05, 0) is 19.8 Å². The summed E-state index contributed by atoms with van der Waals surface area (Å²) in [4.78, 5) is 15.7. The van der Waals surface area contributed by atoms with Gasteiger partial charge in [-0.3, -0.25) is 0 Å². The third kappa shape index (κ3) is 1.35. The van der Waals surface area contributed by atoms with Crippen LogP contribution in [0.3, 0.4) is 0 Å². The third-order valence-corrected chi connectivity index (χ3v) is 3.79. The van der Waals surface area contributed by atoms with E-state index in [4.69, 9.17) is 5.11 Å². The number of carbonyl (C=O) groups is 1. The molecule has 1 aliphatic carbocycles. The van der Waals surface area contributed by atoms with Gasteiger partial charge >= 0.3 is 5.97 Å². The maximum atomic E-state index is 10.7. The minimum atomic E-state index is -0.913. The zero-order valence-electron chi connectivity index (χ0n) is 7.63. The van der Waals surface area contributed by atoms with Crippen molar-refractivity contribution in [1.82, 2.24) is 4.98 Å². The van der Waals surface area contributed by atoms with Gasteiger partial charge in [0.25, 0.3) is 0 Å². The van der Waals surface area contributed by atoms with Crippen LogP contribution in [0.15, 0.2) is 0 Å². The van der Waals surface area contributed by atoms with Gasteiger partial charge in [-0.25, -0.2) is 9.78 Å². The number of nitrogens with zero attached hydrogens (tertiary/aromatic N) is 1. The van der Waals surface area contributed by atoms with Crippen LogP contribution in [0, 0.1) is 6.92 Å². The molecule has 1 saturated carbocycles. The van der Waals surface area contributed by atoms with Crippen molar-refractivity contribution >= 4 is 17.3 Å². The molecule has 2 rings (SSSR count). The summed E-state index contributed by atoms with van der Waals surface area (Å²) in [7, 11) is 0. The lowest BCUT2D eigenvalue weighted by Crippen LogP contribution is -2.02. The molecular formula is C9H11NO2S. The van der Waals surface area contributed by atoms with Crippen molar-refractivity contribution in [2.45, 2.75) is 32.1 Å². The van der Waals surface area contributed by atoms with Crippen LogP contribution in [0.4, 0.5) is 0 Å². The van der Waals surface area contributed by atoms with Gasteiger partial charge in [-0.1, -0.05) is 6.92 Å². The zero-order chi connectivity index (χ0) is 9.64. The van der Waals surface area contributed by atoms with E-state index in [2.05, 4.69) is 11.9 Å². The molecule has 1 N–H and O–H groups in total. The monoisotopic (exact) mass is 197 g/mol. The maximum Gasteiger partial charge on any atom is 0.355 e. The van der Waals surface area contributed by atoms with Crippen LogP contribution in [0.25, 0.3) is 0 Å². The Bertz CT molecular complexity index is 366. The predicted octanol–water partition coefficient (Wildman–Crippen LogP) is 2.20. The minimum Gasteiger partial charge on any atom is -0.476 e. The molecule has 3 nitrogen and oxygen atoms in total. The third-order valence-electron chi connectivity index (χ3n) is 2.52. The molecule has 0 radical (unpaired) electrons. The molecule has 1 heterocycles. The summed E-state index contributed by atoms with van der Waals surface area (Å²) in [6, 6.07) is 0. The summed E-state index contributed by atoms with van der Waals surface area (Å²) in [6.45, 7) is 3.95. The summed E-state index contributed by atoms with van der Waals surface area (Å²) < 4.78 is 0. The van der Waals surface area contributed by atoms with Crippen molar-refractivity contribution in [3.05, 3.63) is 15.6 Å². The second-order valence-electron chi connectivity index (χ2n) is 3.79. The Labute approximate surface area is 80.4 Å². The van der Waals surface area contributed by atoms with E-state index in [-0.39, 0.29) is 11.1 Å². The fraction of sp³-hybridized carbons (Fsp3) is 0.556. The molecule has 1 aromatic heterocycles. The normalized spacial score (nSPS) is 18.6. The highest BCUT2D eigenvalue weighted by Gasteiger charge is 2.42. The molecule has 0 atom stereocenters. The van der Waals surface area contributed by atoms with Crippen LogP contribution in [-0.2, 0) is 5.41 Å². The standard InChI is InChI=1S/C9H11NO2S/c1-5-6(7(11)12)10-8(13-5)9(2)3-4-9/h3-4H2,1-2H3,(H,11,12). The lowest BCUT2D eigenvalue weighted by Gasteiger charge is -1.99. The predicted molar refractivity (Wildman–Crippen MR) is 50.4 cm³/mol. The molecule has 1 fully saturated rings.